The molecule has 4 aromatic rings. The van der Waals surface area contributed by atoms with Crippen molar-refractivity contribution in [2.75, 3.05) is 44.2 Å². The third-order valence-electron chi connectivity index (χ3n) is 6.06. The van der Waals surface area contributed by atoms with Gasteiger partial charge in [0.1, 0.15) is 0 Å². The first-order chi connectivity index (χ1) is 15.8. The lowest BCUT2D eigenvalue weighted by Gasteiger charge is -2.21. The SMILES string of the molecule is O=C(CN1CCCN(c2nc3ccccc3[nH]2)CC1)NCCc1cccc2cccnc12. The highest BCUT2D eigenvalue weighted by molar-refractivity contribution is 5.82. The number of H-pyrrole nitrogens is 1. The van der Waals surface area contributed by atoms with Crippen LogP contribution in [0.15, 0.2) is 60.8 Å². The number of hydrogen-bond donors (Lipinski definition) is 2. The van der Waals surface area contributed by atoms with Crippen molar-refractivity contribution < 1.29 is 4.79 Å². The van der Waals surface area contributed by atoms with Crippen molar-refractivity contribution >= 4 is 33.8 Å². The van der Waals surface area contributed by atoms with Gasteiger partial charge in [0.2, 0.25) is 11.9 Å². The molecular weight excluding hydrogens is 400 g/mol. The van der Waals surface area contributed by atoms with E-state index in [1.54, 1.807) is 0 Å². The molecule has 0 aliphatic carbocycles. The Morgan fingerprint density at radius 3 is 2.84 bits per heavy atom. The predicted octanol–water partition coefficient (Wildman–Crippen LogP) is 2.98. The van der Waals surface area contributed by atoms with E-state index in [9.17, 15) is 4.79 Å². The predicted molar refractivity (Wildman–Crippen MR) is 128 cm³/mol. The largest absolute Gasteiger partial charge is 0.355 e. The number of para-hydroxylation sites is 3. The molecule has 7 heteroatoms. The van der Waals surface area contributed by atoms with Gasteiger partial charge < -0.3 is 15.2 Å². The zero-order valence-corrected chi connectivity index (χ0v) is 18.1. The fraction of sp³-hybridized carbons (Fsp3) is 0.320. The Hall–Kier alpha value is -3.45. The number of carbonyl (C=O) groups excluding carboxylic acids is 1. The number of fused-ring (bicyclic) bond motifs is 2. The third kappa shape index (κ3) is 4.57. The monoisotopic (exact) mass is 428 g/mol. The molecule has 1 aliphatic heterocycles. The normalized spacial score (nSPS) is 15.2. The Balaban J connectivity index is 1.11. The van der Waals surface area contributed by atoms with Gasteiger partial charge in [-0.2, -0.15) is 0 Å². The summed E-state index contributed by atoms with van der Waals surface area (Å²) in [6.07, 6.45) is 3.60. The van der Waals surface area contributed by atoms with Gasteiger partial charge in [0.15, 0.2) is 0 Å². The van der Waals surface area contributed by atoms with Gasteiger partial charge in [-0.15, -0.1) is 0 Å². The highest BCUT2D eigenvalue weighted by atomic mass is 16.2. The van der Waals surface area contributed by atoms with Gasteiger partial charge >= 0.3 is 0 Å². The van der Waals surface area contributed by atoms with Gasteiger partial charge in [-0.05, 0) is 36.6 Å². The number of carbonyl (C=O) groups is 1. The smallest absolute Gasteiger partial charge is 0.234 e. The van der Waals surface area contributed by atoms with Crippen LogP contribution in [0.2, 0.25) is 0 Å². The van der Waals surface area contributed by atoms with Crippen LogP contribution in [0.5, 0.6) is 0 Å². The summed E-state index contributed by atoms with van der Waals surface area (Å²) in [5.74, 6) is 0.997. The molecule has 32 heavy (non-hydrogen) atoms. The van der Waals surface area contributed by atoms with Gasteiger partial charge in [-0.1, -0.05) is 36.4 Å². The quantitative estimate of drug-likeness (QED) is 0.494. The lowest BCUT2D eigenvalue weighted by Crippen LogP contribution is -2.40. The molecule has 2 aromatic heterocycles. The number of nitrogens with one attached hydrogen (secondary N) is 2. The maximum atomic E-state index is 12.5. The second kappa shape index (κ2) is 9.36. The van der Waals surface area contributed by atoms with Crippen LogP contribution >= 0.6 is 0 Å². The van der Waals surface area contributed by atoms with Gasteiger partial charge in [0.05, 0.1) is 23.1 Å². The highest BCUT2D eigenvalue weighted by Gasteiger charge is 2.19. The number of anilines is 1. The van der Waals surface area contributed by atoms with Gasteiger partial charge in [0, 0.05) is 44.3 Å². The van der Waals surface area contributed by atoms with E-state index in [-0.39, 0.29) is 5.91 Å². The van der Waals surface area contributed by atoms with Crippen LogP contribution in [-0.2, 0) is 11.2 Å². The van der Waals surface area contributed by atoms with Crippen molar-refractivity contribution in [3.05, 3.63) is 66.4 Å². The van der Waals surface area contributed by atoms with E-state index in [4.69, 9.17) is 4.98 Å². The van der Waals surface area contributed by atoms with E-state index >= 15 is 0 Å². The van der Waals surface area contributed by atoms with E-state index in [0.717, 1.165) is 66.9 Å². The van der Waals surface area contributed by atoms with Crippen molar-refractivity contribution in [1.82, 2.24) is 25.2 Å². The first kappa shape index (κ1) is 20.5. The standard InChI is InChI=1S/C25H28N6O/c32-23(26-13-11-20-7-3-6-19-8-4-12-27-24(19)20)18-30-14-5-15-31(17-16-30)25-28-21-9-1-2-10-22(21)29-25/h1-4,6-10,12H,5,11,13-18H2,(H,26,32)(H,28,29). The average molecular weight is 429 g/mol. The summed E-state index contributed by atoms with van der Waals surface area (Å²) in [6, 6.07) is 18.3. The number of amides is 1. The highest BCUT2D eigenvalue weighted by Crippen LogP contribution is 2.19. The molecule has 164 valence electrons. The molecule has 1 fully saturated rings. The molecule has 0 radical (unpaired) electrons. The summed E-state index contributed by atoms with van der Waals surface area (Å²) in [5.41, 5.74) is 4.23. The van der Waals surface area contributed by atoms with Crippen LogP contribution in [-0.4, -0.2) is 65.0 Å². The fourth-order valence-corrected chi connectivity index (χ4v) is 4.39. The number of aromatic nitrogens is 3. The Morgan fingerprint density at radius 1 is 1.00 bits per heavy atom. The molecule has 0 unspecified atom stereocenters. The number of pyridine rings is 1. The Morgan fingerprint density at radius 2 is 1.91 bits per heavy atom. The van der Waals surface area contributed by atoms with Crippen LogP contribution in [0.25, 0.3) is 21.9 Å². The number of benzene rings is 2. The minimum Gasteiger partial charge on any atom is -0.355 e. The molecule has 2 aromatic carbocycles. The summed E-state index contributed by atoms with van der Waals surface area (Å²) in [6.45, 7) is 4.60. The minimum absolute atomic E-state index is 0.0791. The zero-order chi connectivity index (χ0) is 21.8. The number of nitrogens with zero attached hydrogens (tertiary/aromatic N) is 4. The molecular formula is C25H28N6O. The van der Waals surface area contributed by atoms with Gasteiger partial charge in [-0.25, -0.2) is 4.98 Å². The van der Waals surface area contributed by atoms with Crippen LogP contribution in [0.3, 0.4) is 0 Å². The molecule has 0 bridgehead atoms. The zero-order valence-electron chi connectivity index (χ0n) is 18.1. The molecule has 7 nitrogen and oxygen atoms in total. The first-order valence-electron chi connectivity index (χ1n) is 11.3. The molecule has 0 spiro atoms. The van der Waals surface area contributed by atoms with Crippen molar-refractivity contribution in [2.45, 2.75) is 12.8 Å². The number of imidazole rings is 1. The van der Waals surface area contributed by atoms with E-state index in [1.807, 2.05) is 36.5 Å². The Bertz CT molecular complexity index is 1180. The lowest BCUT2D eigenvalue weighted by molar-refractivity contribution is -0.122. The van der Waals surface area contributed by atoms with Crippen LogP contribution in [0.1, 0.15) is 12.0 Å². The van der Waals surface area contributed by atoms with Crippen LogP contribution in [0.4, 0.5) is 5.95 Å². The minimum atomic E-state index is 0.0791. The number of aromatic amines is 1. The second-order valence-corrected chi connectivity index (χ2v) is 8.29. The van der Waals surface area contributed by atoms with Crippen molar-refractivity contribution in [3.8, 4) is 0 Å². The molecule has 0 atom stereocenters. The van der Waals surface area contributed by atoms with Crippen molar-refractivity contribution in [2.24, 2.45) is 0 Å². The topological polar surface area (TPSA) is 77.2 Å². The van der Waals surface area contributed by atoms with Crippen molar-refractivity contribution in [1.29, 1.82) is 0 Å². The molecule has 2 N–H and O–H groups in total. The molecule has 5 rings (SSSR count). The van der Waals surface area contributed by atoms with Gasteiger partial charge in [0.25, 0.3) is 0 Å². The van der Waals surface area contributed by atoms with E-state index in [0.29, 0.717) is 13.1 Å². The first-order valence-corrected chi connectivity index (χ1v) is 11.3. The average Bonchev–Trinajstić information content (AvgIpc) is 3.12. The van der Waals surface area contributed by atoms with Crippen LogP contribution < -0.4 is 10.2 Å². The fourth-order valence-electron chi connectivity index (χ4n) is 4.39. The Labute approximate surface area is 187 Å². The van der Waals surface area contributed by atoms with E-state index < -0.39 is 0 Å². The van der Waals surface area contributed by atoms with Crippen molar-refractivity contribution in [3.63, 3.8) is 0 Å². The molecule has 1 saturated heterocycles. The molecule has 3 heterocycles. The lowest BCUT2D eigenvalue weighted by atomic mass is 10.1. The summed E-state index contributed by atoms with van der Waals surface area (Å²) >= 11 is 0. The maximum absolute atomic E-state index is 12.5. The molecule has 0 saturated carbocycles. The van der Waals surface area contributed by atoms with E-state index in [2.05, 4.69) is 49.4 Å². The Kier molecular flexibility index (Phi) is 5.98. The molecule has 1 aliphatic rings. The third-order valence-corrected chi connectivity index (χ3v) is 6.06. The van der Waals surface area contributed by atoms with Gasteiger partial charge in [-0.3, -0.25) is 14.7 Å². The van der Waals surface area contributed by atoms with Crippen LogP contribution in [0, 0.1) is 0 Å². The maximum Gasteiger partial charge on any atom is 0.234 e. The second-order valence-electron chi connectivity index (χ2n) is 8.29. The number of rotatable bonds is 6. The number of hydrogen-bond acceptors (Lipinski definition) is 5. The summed E-state index contributed by atoms with van der Waals surface area (Å²) in [7, 11) is 0. The summed E-state index contributed by atoms with van der Waals surface area (Å²) < 4.78 is 0. The summed E-state index contributed by atoms with van der Waals surface area (Å²) in [5, 5.41) is 4.22. The molecule has 1 amide bonds. The summed E-state index contributed by atoms with van der Waals surface area (Å²) in [4.78, 5) is 29.7. The van der Waals surface area contributed by atoms with E-state index in [1.165, 1.54) is 5.56 Å².